The summed E-state index contributed by atoms with van der Waals surface area (Å²) in [6, 6.07) is 0. The number of carboxylic acids is 2. The molecule has 0 aromatic heterocycles. The van der Waals surface area contributed by atoms with Crippen molar-refractivity contribution in [3.8, 4) is 0 Å². The number of unbranched alkanes of at least 4 members (excludes halogenated alkanes) is 15. The highest BCUT2D eigenvalue weighted by molar-refractivity contribution is 5.67. The number of carboxylic acid groups (broad SMARTS) is 2. The summed E-state index contributed by atoms with van der Waals surface area (Å²) in [5, 5.41) is 17.6. The zero-order chi connectivity index (χ0) is 21.9. The Bertz CT molecular complexity index is 433. The van der Waals surface area contributed by atoms with Crippen LogP contribution in [0.15, 0.2) is 0 Å². The quantitative estimate of drug-likeness (QED) is 0.136. The highest BCUT2D eigenvalue weighted by Crippen LogP contribution is 2.26. The minimum atomic E-state index is -0.673. The predicted molar refractivity (Wildman–Crippen MR) is 121 cm³/mol. The van der Waals surface area contributed by atoms with Crippen LogP contribution in [0.4, 0.5) is 0 Å². The van der Waals surface area contributed by atoms with Gasteiger partial charge in [-0.2, -0.15) is 0 Å². The van der Waals surface area contributed by atoms with E-state index in [1.165, 1.54) is 83.5 Å². The summed E-state index contributed by atoms with van der Waals surface area (Å²) in [7, 11) is 0. The van der Waals surface area contributed by atoms with Gasteiger partial charge < -0.3 is 14.9 Å². The van der Waals surface area contributed by atoms with Crippen LogP contribution in [0.5, 0.6) is 0 Å². The maximum atomic E-state index is 11.0. The lowest BCUT2D eigenvalue weighted by molar-refractivity contribution is -0.138. The second-order valence-electron chi connectivity index (χ2n) is 9.24. The summed E-state index contributed by atoms with van der Waals surface area (Å²) in [5.74, 6) is -1.04. The number of hydrogen-bond acceptors (Lipinski definition) is 3. The van der Waals surface area contributed by atoms with Crippen LogP contribution < -0.4 is 0 Å². The van der Waals surface area contributed by atoms with Crippen molar-refractivity contribution in [1.29, 1.82) is 0 Å². The molecule has 1 rings (SSSR count). The normalized spacial score (nSPS) is 16.5. The van der Waals surface area contributed by atoms with Crippen LogP contribution in [-0.2, 0) is 14.3 Å². The van der Waals surface area contributed by atoms with E-state index in [9.17, 15) is 9.59 Å². The minimum absolute atomic E-state index is 0.298. The van der Waals surface area contributed by atoms with Crippen LogP contribution in [0.3, 0.4) is 0 Å². The van der Waals surface area contributed by atoms with Crippen LogP contribution in [0.25, 0.3) is 0 Å². The fourth-order valence-corrected chi connectivity index (χ4v) is 4.31. The van der Waals surface area contributed by atoms with Crippen molar-refractivity contribution in [1.82, 2.24) is 0 Å². The van der Waals surface area contributed by atoms with Gasteiger partial charge in [0.1, 0.15) is 0 Å². The summed E-state index contributed by atoms with van der Waals surface area (Å²) in [4.78, 5) is 21.4. The molecule has 0 aliphatic carbocycles. The molecule has 5 nitrogen and oxygen atoms in total. The van der Waals surface area contributed by atoms with Crippen LogP contribution >= 0.6 is 0 Å². The number of rotatable bonds is 23. The van der Waals surface area contributed by atoms with Crippen molar-refractivity contribution in [2.75, 3.05) is 6.61 Å². The third-order valence-corrected chi connectivity index (χ3v) is 6.21. The van der Waals surface area contributed by atoms with E-state index in [-0.39, 0.29) is 0 Å². The van der Waals surface area contributed by atoms with E-state index in [0.717, 1.165) is 38.7 Å². The van der Waals surface area contributed by atoms with Crippen LogP contribution in [-0.4, -0.2) is 34.9 Å². The SMILES string of the molecule is O=C(O)CCCCCCCCCCCCCCCCCCC(CC(=O)O)CC1CO1. The third-order valence-electron chi connectivity index (χ3n) is 6.21. The molecule has 30 heavy (non-hydrogen) atoms. The predicted octanol–water partition coefficient (Wildman–Crippen LogP) is 6.97. The Morgan fingerprint density at radius 1 is 0.667 bits per heavy atom. The van der Waals surface area contributed by atoms with E-state index in [1.807, 2.05) is 0 Å². The fourth-order valence-electron chi connectivity index (χ4n) is 4.31. The maximum Gasteiger partial charge on any atom is 0.303 e. The monoisotopic (exact) mass is 426 g/mol. The van der Waals surface area contributed by atoms with E-state index < -0.39 is 11.9 Å². The van der Waals surface area contributed by atoms with Crippen molar-refractivity contribution in [3.05, 3.63) is 0 Å². The molecule has 0 saturated carbocycles. The van der Waals surface area contributed by atoms with Gasteiger partial charge in [0.25, 0.3) is 0 Å². The Kier molecular flexibility index (Phi) is 16.7. The average molecular weight is 427 g/mol. The summed E-state index contributed by atoms with van der Waals surface area (Å²) < 4.78 is 5.25. The molecule has 0 bridgehead atoms. The van der Waals surface area contributed by atoms with E-state index in [0.29, 0.717) is 24.9 Å². The van der Waals surface area contributed by atoms with Crippen LogP contribution in [0.2, 0.25) is 0 Å². The topological polar surface area (TPSA) is 87.1 Å². The lowest BCUT2D eigenvalue weighted by Crippen LogP contribution is -2.10. The van der Waals surface area contributed by atoms with Gasteiger partial charge in [-0.3, -0.25) is 9.59 Å². The highest BCUT2D eigenvalue weighted by Gasteiger charge is 2.27. The number of epoxide rings is 1. The number of ether oxygens (including phenoxy) is 1. The number of hydrogen-bond donors (Lipinski definition) is 2. The van der Waals surface area contributed by atoms with E-state index in [1.54, 1.807) is 0 Å². The maximum absolute atomic E-state index is 11.0. The van der Waals surface area contributed by atoms with Gasteiger partial charge in [-0.25, -0.2) is 0 Å². The molecule has 1 fully saturated rings. The van der Waals surface area contributed by atoms with Crippen molar-refractivity contribution >= 4 is 11.9 Å². The molecule has 0 amide bonds. The molecule has 5 heteroatoms. The zero-order valence-corrected chi connectivity index (χ0v) is 19.1. The molecule has 176 valence electrons. The Labute approximate surface area is 184 Å². The Morgan fingerprint density at radius 3 is 1.43 bits per heavy atom. The molecule has 2 N–H and O–H groups in total. The Hall–Kier alpha value is -1.10. The fraction of sp³-hybridized carbons (Fsp3) is 0.920. The van der Waals surface area contributed by atoms with Crippen molar-refractivity contribution in [2.24, 2.45) is 5.92 Å². The van der Waals surface area contributed by atoms with E-state index in [4.69, 9.17) is 14.9 Å². The molecule has 2 unspecified atom stereocenters. The largest absolute Gasteiger partial charge is 0.481 e. The van der Waals surface area contributed by atoms with Gasteiger partial charge in [0.2, 0.25) is 0 Å². The van der Waals surface area contributed by atoms with Gasteiger partial charge >= 0.3 is 11.9 Å². The first-order valence-electron chi connectivity index (χ1n) is 12.6. The second kappa shape index (κ2) is 18.7. The molecular weight excluding hydrogens is 380 g/mol. The van der Waals surface area contributed by atoms with Crippen molar-refractivity contribution in [2.45, 2.75) is 135 Å². The van der Waals surface area contributed by atoms with Crippen molar-refractivity contribution in [3.63, 3.8) is 0 Å². The molecule has 2 atom stereocenters. The molecule has 0 aromatic rings. The average Bonchev–Trinajstić information content (AvgIpc) is 3.50. The second-order valence-corrected chi connectivity index (χ2v) is 9.24. The third kappa shape index (κ3) is 18.9. The summed E-state index contributed by atoms with van der Waals surface area (Å²) >= 11 is 0. The number of aliphatic carboxylic acids is 2. The molecule has 1 aliphatic heterocycles. The van der Waals surface area contributed by atoms with Crippen LogP contribution in [0.1, 0.15) is 128 Å². The molecular formula is C25H46O5. The molecule has 1 saturated heterocycles. The first-order valence-corrected chi connectivity index (χ1v) is 12.6. The Morgan fingerprint density at radius 2 is 1.07 bits per heavy atom. The van der Waals surface area contributed by atoms with Gasteiger partial charge in [-0.05, 0) is 25.2 Å². The molecule has 0 spiro atoms. The summed E-state index contributed by atoms with van der Waals surface area (Å²) in [6.07, 6.45) is 23.0. The smallest absolute Gasteiger partial charge is 0.303 e. The minimum Gasteiger partial charge on any atom is -0.481 e. The van der Waals surface area contributed by atoms with Gasteiger partial charge in [0.15, 0.2) is 0 Å². The lowest BCUT2D eigenvalue weighted by atomic mass is 9.93. The number of carbonyl (C=O) groups is 2. The van der Waals surface area contributed by atoms with E-state index >= 15 is 0 Å². The van der Waals surface area contributed by atoms with E-state index in [2.05, 4.69) is 0 Å². The van der Waals surface area contributed by atoms with Crippen LogP contribution in [0, 0.1) is 5.92 Å². The van der Waals surface area contributed by atoms with Gasteiger partial charge in [-0.1, -0.05) is 96.3 Å². The lowest BCUT2D eigenvalue weighted by Gasteiger charge is -2.13. The summed E-state index contributed by atoms with van der Waals surface area (Å²) in [6.45, 7) is 0.826. The molecule has 0 aromatic carbocycles. The molecule has 0 radical (unpaired) electrons. The highest BCUT2D eigenvalue weighted by atomic mass is 16.6. The molecule has 1 heterocycles. The standard InChI is InChI=1S/C25H46O5/c26-24(27)18-16-14-12-10-8-6-4-2-1-3-5-7-9-11-13-15-17-22(20-25(28)29)19-23-21-30-23/h22-23H,1-21H2,(H,26,27)(H,28,29). The van der Waals surface area contributed by atoms with Gasteiger partial charge in [-0.15, -0.1) is 0 Å². The Balaban J connectivity index is 1.75. The van der Waals surface area contributed by atoms with Gasteiger partial charge in [0.05, 0.1) is 12.7 Å². The van der Waals surface area contributed by atoms with Gasteiger partial charge in [0, 0.05) is 12.8 Å². The summed E-state index contributed by atoms with van der Waals surface area (Å²) in [5.41, 5.74) is 0. The zero-order valence-electron chi connectivity index (χ0n) is 19.1. The molecule has 1 aliphatic rings. The first kappa shape index (κ1) is 26.9. The van der Waals surface area contributed by atoms with Crippen molar-refractivity contribution < 1.29 is 24.5 Å². The first-order chi connectivity index (χ1) is 14.6.